The fraction of sp³-hybridized carbons (Fsp3) is 0.412. The first-order valence-corrected chi connectivity index (χ1v) is 7.64. The minimum atomic E-state index is -4.30. The number of fused-ring (bicyclic) bond motifs is 2. The molecule has 2 aromatic rings. The lowest BCUT2D eigenvalue weighted by molar-refractivity contribution is -0.137. The van der Waals surface area contributed by atoms with Crippen molar-refractivity contribution in [2.24, 2.45) is 0 Å². The average Bonchev–Trinajstić information content (AvgIpc) is 3.11. The summed E-state index contributed by atoms with van der Waals surface area (Å²) in [6, 6.07) is 4.47. The van der Waals surface area contributed by atoms with Gasteiger partial charge in [-0.05, 0) is 49.6 Å². The third-order valence-corrected chi connectivity index (χ3v) is 4.88. The van der Waals surface area contributed by atoms with Crippen LogP contribution < -0.4 is 0 Å². The van der Waals surface area contributed by atoms with Crippen LogP contribution in [0.1, 0.15) is 30.4 Å². The summed E-state index contributed by atoms with van der Waals surface area (Å²) in [5, 5.41) is 0.674. The third kappa shape index (κ3) is 2.24. The van der Waals surface area contributed by atoms with Crippen molar-refractivity contribution in [3.63, 3.8) is 0 Å². The predicted octanol–water partition coefficient (Wildman–Crippen LogP) is 4.44. The highest BCUT2D eigenvalue weighted by molar-refractivity contribution is 5.93. The zero-order chi connectivity index (χ0) is 15.3. The van der Waals surface area contributed by atoms with Gasteiger partial charge in [0.05, 0.1) is 5.56 Å². The summed E-state index contributed by atoms with van der Waals surface area (Å²) >= 11 is 0. The Morgan fingerprint density at radius 2 is 2.09 bits per heavy atom. The SMILES string of the molecule is FC(F)(F)c1ccc2[nH]cc(C3=CCN4CCCC4C3)c2c1. The summed E-state index contributed by atoms with van der Waals surface area (Å²) in [5.41, 5.74) is 2.28. The van der Waals surface area contributed by atoms with Gasteiger partial charge in [-0.15, -0.1) is 0 Å². The monoisotopic (exact) mass is 306 g/mol. The highest BCUT2D eigenvalue weighted by atomic mass is 19.4. The lowest BCUT2D eigenvalue weighted by atomic mass is 9.93. The lowest BCUT2D eigenvalue weighted by Gasteiger charge is -2.29. The molecule has 1 fully saturated rings. The first kappa shape index (κ1) is 13.9. The fourth-order valence-electron chi connectivity index (χ4n) is 3.71. The van der Waals surface area contributed by atoms with Crippen LogP contribution in [-0.4, -0.2) is 29.0 Å². The number of benzene rings is 1. The van der Waals surface area contributed by atoms with Crippen molar-refractivity contribution in [2.75, 3.05) is 13.1 Å². The van der Waals surface area contributed by atoms with E-state index in [1.165, 1.54) is 30.5 Å². The number of rotatable bonds is 1. The van der Waals surface area contributed by atoms with Gasteiger partial charge in [-0.2, -0.15) is 13.2 Å². The van der Waals surface area contributed by atoms with E-state index in [4.69, 9.17) is 0 Å². The van der Waals surface area contributed by atoms with E-state index < -0.39 is 11.7 Å². The van der Waals surface area contributed by atoms with E-state index in [1.54, 1.807) is 0 Å². The highest BCUT2D eigenvalue weighted by Crippen LogP contribution is 2.37. The molecule has 1 aromatic carbocycles. The molecule has 1 unspecified atom stereocenters. The van der Waals surface area contributed by atoms with E-state index >= 15 is 0 Å². The van der Waals surface area contributed by atoms with Crippen molar-refractivity contribution < 1.29 is 13.2 Å². The maximum Gasteiger partial charge on any atom is 0.416 e. The fourth-order valence-corrected chi connectivity index (χ4v) is 3.71. The molecule has 0 radical (unpaired) electrons. The zero-order valence-electron chi connectivity index (χ0n) is 12.1. The van der Waals surface area contributed by atoms with Crippen molar-refractivity contribution in [3.8, 4) is 0 Å². The topological polar surface area (TPSA) is 19.0 Å². The zero-order valence-corrected chi connectivity index (χ0v) is 12.1. The largest absolute Gasteiger partial charge is 0.416 e. The number of nitrogens with one attached hydrogen (secondary N) is 1. The molecule has 1 N–H and O–H groups in total. The molecule has 3 heterocycles. The maximum atomic E-state index is 12.9. The van der Waals surface area contributed by atoms with E-state index in [-0.39, 0.29) is 0 Å². The second-order valence-corrected chi connectivity index (χ2v) is 6.18. The molecular formula is C17H17F3N2. The number of hydrogen-bond acceptors (Lipinski definition) is 1. The minimum Gasteiger partial charge on any atom is -0.361 e. The molecule has 2 nitrogen and oxygen atoms in total. The average molecular weight is 306 g/mol. The highest BCUT2D eigenvalue weighted by Gasteiger charge is 2.32. The molecule has 2 aliphatic heterocycles. The molecule has 1 saturated heterocycles. The summed E-state index contributed by atoms with van der Waals surface area (Å²) in [4.78, 5) is 5.56. The summed E-state index contributed by atoms with van der Waals surface area (Å²) in [7, 11) is 0. The Labute approximate surface area is 126 Å². The third-order valence-electron chi connectivity index (χ3n) is 4.88. The maximum absolute atomic E-state index is 12.9. The van der Waals surface area contributed by atoms with Gasteiger partial charge in [0.15, 0.2) is 0 Å². The van der Waals surface area contributed by atoms with E-state index in [0.29, 0.717) is 11.4 Å². The number of H-pyrrole nitrogens is 1. The Hall–Kier alpha value is -1.75. The van der Waals surface area contributed by atoms with Gasteiger partial charge in [-0.25, -0.2) is 0 Å². The van der Waals surface area contributed by atoms with Crippen molar-refractivity contribution in [3.05, 3.63) is 41.6 Å². The molecule has 0 bridgehead atoms. The van der Waals surface area contributed by atoms with E-state index in [2.05, 4.69) is 16.0 Å². The smallest absolute Gasteiger partial charge is 0.361 e. The van der Waals surface area contributed by atoms with Crippen LogP contribution in [0.4, 0.5) is 13.2 Å². The molecule has 0 saturated carbocycles. The number of aromatic nitrogens is 1. The number of hydrogen-bond donors (Lipinski definition) is 1. The first-order chi connectivity index (χ1) is 10.5. The quantitative estimate of drug-likeness (QED) is 0.825. The molecule has 0 amide bonds. The molecular weight excluding hydrogens is 289 g/mol. The second-order valence-electron chi connectivity index (χ2n) is 6.18. The molecule has 2 aliphatic rings. The van der Waals surface area contributed by atoms with Gasteiger partial charge >= 0.3 is 6.18 Å². The molecule has 0 aliphatic carbocycles. The van der Waals surface area contributed by atoms with Crippen LogP contribution in [0.25, 0.3) is 16.5 Å². The molecule has 5 heteroatoms. The Kier molecular flexibility index (Phi) is 3.08. The number of alkyl halides is 3. The van der Waals surface area contributed by atoms with Gasteiger partial charge in [0.2, 0.25) is 0 Å². The summed E-state index contributed by atoms with van der Waals surface area (Å²) < 4.78 is 38.8. The summed E-state index contributed by atoms with van der Waals surface area (Å²) in [5.74, 6) is 0. The first-order valence-electron chi connectivity index (χ1n) is 7.64. The van der Waals surface area contributed by atoms with Crippen LogP contribution in [0.2, 0.25) is 0 Å². The molecule has 22 heavy (non-hydrogen) atoms. The molecule has 0 spiro atoms. The van der Waals surface area contributed by atoms with Gasteiger partial charge < -0.3 is 4.98 Å². The van der Waals surface area contributed by atoms with Gasteiger partial charge in [0, 0.05) is 35.2 Å². The van der Waals surface area contributed by atoms with Crippen molar-refractivity contribution in [2.45, 2.75) is 31.5 Å². The van der Waals surface area contributed by atoms with Crippen LogP contribution in [-0.2, 0) is 6.18 Å². The minimum absolute atomic E-state index is 0.552. The van der Waals surface area contributed by atoms with Crippen molar-refractivity contribution >= 4 is 16.5 Å². The summed E-state index contributed by atoms with van der Waals surface area (Å²) in [6.45, 7) is 2.05. The molecule has 1 aromatic heterocycles. The van der Waals surface area contributed by atoms with Gasteiger partial charge in [0.1, 0.15) is 0 Å². The Bertz CT molecular complexity index is 742. The van der Waals surface area contributed by atoms with Gasteiger partial charge in [0.25, 0.3) is 0 Å². The second kappa shape index (κ2) is 4.88. The van der Waals surface area contributed by atoms with Crippen LogP contribution in [0, 0.1) is 0 Å². The Morgan fingerprint density at radius 3 is 2.91 bits per heavy atom. The van der Waals surface area contributed by atoms with Gasteiger partial charge in [-0.3, -0.25) is 4.90 Å². The van der Waals surface area contributed by atoms with Crippen molar-refractivity contribution in [1.82, 2.24) is 9.88 Å². The molecule has 4 rings (SSSR count). The van der Waals surface area contributed by atoms with Crippen LogP contribution in [0.5, 0.6) is 0 Å². The Balaban J connectivity index is 1.75. The van der Waals surface area contributed by atoms with Gasteiger partial charge in [-0.1, -0.05) is 6.08 Å². The van der Waals surface area contributed by atoms with Crippen molar-refractivity contribution in [1.29, 1.82) is 0 Å². The molecule has 1 atom stereocenters. The lowest BCUT2D eigenvalue weighted by Crippen LogP contribution is -2.32. The number of halogens is 3. The standard InChI is InChI=1S/C17H17F3N2/c18-17(19,20)12-3-4-16-14(9-12)15(10-21-16)11-5-7-22-6-1-2-13(22)8-11/h3-5,9-10,13,21H,1-2,6-8H2. The molecule has 116 valence electrons. The van der Waals surface area contributed by atoms with Crippen LogP contribution in [0.15, 0.2) is 30.5 Å². The predicted molar refractivity (Wildman–Crippen MR) is 80.5 cm³/mol. The Morgan fingerprint density at radius 1 is 1.23 bits per heavy atom. The summed E-state index contributed by atoms with van der Waals surface area (Å²) in [6.07, 6.45) is 3.06. The van der Waals surface area contributed by atoms with E-state index in [1.807, 2.05) is 6.20 Å². The number of aromatic amines is 1. The van der Waals surface area contributed by atoms with E-state index in [0.717, 1.165) is 36.7 Å². The van der Waals surface area contributed by atoms with Crippen LogP contribution in [0.3, 0.4) is 0 Å². The normalized spacial score (nSPS) is 22.9. The van der Waals surface area contributed by atoms with Crippen LogP contribution >= 0.6 is 0 Å². The number of nitrogens with zero attached hydrogens (tertiary/aromatic N) is 1. The van der Waals surface area contributed by atoms with E-state index in [9.17, 15) is 13.2 Å².